The van der Waals surface area contributed by atoms with E-state index in [-0.39, 0.29) is 18.1 Å². The number of ether oxygens (including phenoxy) is 1. The van der Waals surface area contributed by atoms with Gasteiger partial charge < -0.3 is 15.8 Å². The fourth-order valence-electron chi connectivity index (χ4n) is 0.966. The molecule has 0 aliphatic heterocycles. The highest BCUT2D eigenvalue weighted by atomic mass is 16.5. The van der Waals surface area contributed by atoms with Gasteiger partial charge in [0.2, 0.25) is 5.91 Å². The maximum Gasteiger partial charge on any atom is 0.221 e. The monoisotopic (exact) mass is 188 g/mol. The van der Waals surface area contributed by atoms with Gasteiger partial charge in [-0.1, -0.05) is 0 Å². The quantitative estimate of drug-likeness (QED) is 0.628. The summed E-state index contributed by atoms with van der Waals surface area (Å²) in [4.78, 5) is 11.1. The van der Waals surface area contributed by atoms with E-state index < -0.39 is 0 Å². The van der Waals surface area contributed by atoms with Crippen LogP contribution in [-0.4, -0.2) is 31.2 Å². The van der Waals surface area contributed by atoms with E-state index in [1.807, 2.05) is 20.8 Å². The largest absolute Gasteiger partial charge is 0.377 e. The molecule has 1 amide bonds. The lowest BCUT2D eigenvalue weighted by atomic mass is 10.2. The van der Waals surface area contributed by atoms with Gasteiger partial charge in [0.1, 0.15) is 0 Å². The first-order chi connectivity index (χ1) is 6.06. The van der Waals surface area contributed by atoms with Gasteiger partial charge in [0.25, 0.3) is 0 Å². The molecule has 0 aromatic heterocycles. The van der Waals surface area contributed by atoms with Crippen LogP contribution in [0.5, 0.6) is 0 Å². The summed E-state index contributed by atoms with van der Waals surface area (Å²) in [5.74, 6) is -0.0125. The van der Waals surface area contributed by atoms with Crippen molar-refractivity contribution in [1.29, 1.82) is 0 Å². The molecule has 0 saturated carbocycles. The van der Waals surface area contributed by atoms with E-state index >= 15 is 0 Å². The predicted octanol–water partition coefficient (Wildman–Crippen LogP) is 0.265. The first kappa shape index (κ1) is 12.4. The summed E-state index contributed by atoms with van der Waals surface area (Å²) in [6.07, 6.45) is 0.445. The molecule has 4 nitrogen and oxygen atoms in total. The van der Waals surface area contributed by atoms with Crippen LogP contribution in [0.3, 0.4) is 0 Å². The molecule has 0 spiro atoms. The summed E-state index contributed by atoms with van der Waals surface area (Å²) in [6.45, 7) is 6.89. The van der Waals surface area contributed by atoms with E-state index in [1.54, 1.807) is 0 Å². The number of hydrogen-bond donors (Lipinski definition) is 2. The van der Waals surface area contributed by atoms with E-state index in [4.69, 9.17) is 10.5 Å². The minimum atomic E-state index is -0.0811. The molecular weight excluding hydrogens is 168 g/mol. The number of carbonyl (C=O) groups excluding carboxylic acids is 1. The van der Waals surface area contributed by atoms with Crippen molar-refractivity contribution in [2.24, 2.45) is 5.73 Å². The highest BCUT2D eigenvalue weighted by molar-refractivity contribution is 5.76. The van der Waals surface area contributed by atoms with Crippen LogP contribution in [0.4, 0.5) is 0 Å². The van der Waals surface area contributed by atoms with Crippen molar-refractivity contribution in [3.63, 3.8) is 0 Å². The number of nitrogens with one attached hydrogen (secondary N) is 1. The zero-order valence-corrected chi connectivity index (χ0v) is 8.67. The van der Waals surface area contributed by atoms with Gasteiger partial charge >= 0.3 is 0 Å². The molecule has 0 saturated heterocycles. The Bertz CT molecular complexity index is 149. The van der Waals surface area contributed by atoms with Crippen LogP contribution in [-0.2, 0) is 9.53 Å². The van der Waals surface area contributed by atoms with Crippen LogP contribution >= 0.6 is 0 Å². The van der Waals surface area contributed by atoms with Crippen LogP contribution in [0.15, 0.2) is 0 Å². The topological polar surface area (TPSA) is 64.3 Å². The number of amides is 1. The van der Waals surface area contributed by atoms with E-state index in [0.29, 0.717) is 19.6 Å². The van der Waals surface area contributed by atoms with Crippen LogP contribution < -0.4 is 11.1 Å². The second kappa shape index (κ2) is 6.86. The third-order valence-corrected chi connectivity index (χ3v) is 1.55. The van der Waals surface area contributed by atoms with Crippen molar-refractivity contribution < 1.29 is 9.53 Å². The van der Waals surface area contributed by atoms with E-state index in [9.17, 15) is 4.79 Å². The molecule has 13 heavy (non-hydrogen) atoms. The third kappa shape index (κ3) is 7.74. The molecule has 0 aromatic rings. The molecular formula is C9H20N2O2. The first-order valence-corrected chi connectivity index (χ1v) is 4.70. The Balaban J connectivity index is 3.46. The normalized spacial score (nSPS) is 15.1. The van der Waals surface area contributed by atoms with E-state index in [1.165, 1.54) is 0 Å². The lowest BCUT2D eigenvalue weighted by Gasteiger charge is -2.13. The van der Waals surface area contributed by atoms with Gasteiger partial charge in [-0.05, 0) is 20.8 Å². The van der Waals surface area contributed by atoms with Crippen molar-refractivity contribution in [1.82, 2.24) is 5.32 Å². The van der Waals surface area contributed by atoms with Gasteiger partial charge in [-0.2, -0.15) is 0 Å². The van der Waals surface area contributed by atoms with Crippen molar-refractivity contribution in [2.75, 3.05) is 13.2 Å². The molecule has 78 valence electrons. The fourth-order valence-corrected chi connectivity index (χ4v) is 0.966. The summed E-state index contributed by atoms with van der Waals surface area (Å²) < 4.78 is 5.25. The lowest BCUT2D eigenvalue weighted by Crippen LogP contribution is -2.35. The Morgan fingerprint density at radius 3 is 2.62 bits per heavy atom. The van der Waals surface area contributed by atoms with Crippen molar-refractivity contribution in [3.05, 3.63) is 0 Å². The molecule has 0 heterocycles. The van der Waals surface area contributed by atoms with Gasteiger partial charge in [0.15, 0.2) is 0 Å². The van der Waals surface area contributed by atoms with Crippen LogP contribution in [0.1, 0.15) is 27.2 Å². The number of carbonyl (C=O) groups is 1. The summed E-state index contributed by atoms with van der Waals surface area (Å²) in [5, 5.41) is 2.75. The van der Waals surface area contributed by atoms with Gasteiger partial charge in [0.05, 0.1) is 6.10 Å². The summed E-state index contributed by atoms with van der Waals surface area (Å²) >= 11 is 0. The van der Waals surface area contributed by atoms with Gasteiger partial charge in [-0.3, -0.25) is 4.79 Å². The number of hydrogen-bond acceptors (Lipinski definition) is 3. The predicted molar refractivity (Wildman–Crippen MR) is 52.4 cm³/mol. The Hall–Kier alpha value is -0.610. The minimum absolute atomic E-state index is 0.0125. The number of nitrogens with two attached hydrogens (primary N) is 1. The molecule has 2 atom stereocenters. The molecule has 0 aliphatic rings. The van der Waals surface area contributed by atoms with Crippen molar-refractivity contribution in [3.8, 4) is 0 Å². The van der Waals surface area contributed by atoms with Crippen molar-refractivity contribution >= 4 is 5.91 Å². The first-order valence-electron chi connectivity index (χ1n) is 4.70. The molecule has 2 unspecified atom stereocenters. The van der Waals surface area contributed by atoms with Crippen LogP contribution in [0.25, 0.3) is 0 Å². The van der Waals surface area contributed by atoms with Gasteiger partial charge in [0, 0.05) is 25.6 Å². The summed E-state index contributed by atoms with van der Waals surface area (Å²) in [5.41, 5.74) is 5.47. The second-order valence-electron chi connectivity index (χ2n) is 3.25. The SMILES string of the molecule is CCOC(C)CNC(=O)CC(C)N. The third-order valence-electron chi connectivity index (χ3n) is 1.55. The molecule has 3 N–H and O–H groups in total. The molecule has 0 bridgehead atoms. The zero-order valence-electron chi connectivity index (χ0n) is 8.67. The smallest absolute Gasteiger partial charge is 0.221 e. The summed E-state index contributed by atoms with van der Waals surface area (Å²) in [7, 11) is 0. The van der Waals surface area contributed by atoms with Crippen molar-refractivity contribution in [2.45, 2.75) is 39.3 Å². The van der Waals surface area contributed by atoms with E-state index in [0.717, 1.165) is 0 Å². The lowest BCUT2D eigenvalue weighted by molar-refractivity contribution is -0.121. The van der Waals surface area contributed by atoms with Crippen LogP contribution in [0.2, 0.25) is 0 Å². The highest BCUT2D eigenvalue weighted by Gasteiger charge is 2.06. The molecule has 0 rings (SSSR count). The average molecular weight is 188 g/mol. The Morgan fingerprint density at radius 2 is 2.15 bits per heavy atom. The highest BCUT2D eigenvalue weighted by Crippen LogP contribution is 1.89. The zero-order chi connectivity index (χ0) is 10.3. The van der Waals surface area contributed by atoms with Gasteiger partial charge in [-0.25, -0.2) is 0 Å². The molecule has 0 aliphatic carbocycles. The maximum atomic E-state index is 11.1. The summed E-state index contributed by atoms with van der Waals surface area (Å²) in [6, 6.07) is -0.0811. The van der Waals surface area contributed by atoms with E-state index in [2.05, 4.69) is 5.32 Å². The van der Waals surface area contributed by atoms with Gasteiger partial charge in [-0.15, -0.1) is 0 Å². The number of rotatable bonds is 6. The fraction of sp³-hybridized carbons (Fsp3) is 0.889. The second-order valence-corrected chi connectivity index (χ2v) is 3.25. The molecule has 4 heteroatoms. The molecule has 0 aromatic carbocycles. The Morgan fingerprint density at radius 1 is 1.54 bits per heavy atom. The Labute approximate surface area is 79.8 Å². The average Bonchev–Trinajstić information content (AvgIpc) is 2.00. The standard InChI is InChI=1S/C9H20N2O2/c1-4-13-8(3)6-11-9(12)5-7(2)10/h7-8H,4-6,10H2,1-3H3,(H,11,12). The molecule has 0 radical (unpaired) electrons. The molecule has 0 fully saturated rings. The van der Waals surface area contributed by atoms with Crippen LogP contribution in [0, 0.1) is 0 Å². The maximum absolute atomic E-state index is 11.1. The Kier molecular flexibility index (Phi) is 6.54. The minimum Gasteiger partial charge on any atom is -0.377 e.